The van der Waals surface area contributed by atoms with E-state index in [1.54, 1.807) is 47.5 Å². The quantitative estimate of drug-likeness (QED) is 0.121. The zero-order valence-electron chi connectivity index (χ0n) is 27.8. The number of hydrogen-bond donors (Lipinski definition) is 2. The van der Waals surface area contributed by atoms with Crippen molar-refractivity contribution in [2.75, 3.05) is 26.2 Å². The summed E-state index contributed by atoms with van der Waals surface area (Å²) in [5, 5.41) is 12.9. The van der Waals surface area contributed by atoms with Gasteiger partial charge in [-0.3, -0.25) is 9.59 Å². The number of aromatic nitrogens is 3. The third-order valence-electron chi connectivity index (χ3n) is 7.92. The van der Waals surface area contributed by atoms with E-state index in [4.69, 9.17) is 9.47 Å². The number of nitrogens with zero attached hydrogens (tertiary/aromatic N) is 3. The molecule has 9 nitrogen and oxygen atoms in total. The molecule has 0 bridgehead atoms. The maximum atomic E-state index is 12.5. The van der Waals surface area contributed by atoms with Crippen molar-refractivity contribution >= 4 is 44.3 Å². The van der Waals surface area contributed by atoms with Crippen LogP contribution in [0.4, 0.5) is 0 Å². The van der Waals surface area contributed by atoms with Gasteiger partial charge in [0.1, 0.15) is 29.1 Å². The van der Waals surface area contributed by atoms with Crippen LogP contribution in [-0.4, -0.2) is 40.3 Å². The summed E-state index contributed by atoms with van der Waals surface area (Å²) in [4.78, 5) is 31.5. The first-order valence-electron chi connectivity index (χ1n) is 16.3. The topological polar surface area (TPSA) is 99.4 Å². The Morgan fingerprint density at radius 3 is 1.92 bits per heavy atom. The molecule has 0 aliphatic heterocycles. The lowest BCUT2D eigenvalue weighted by Crippen LogP contribution is -2.21. The van der Waals surface area contributed by atoms with Crippen LogP contribution < -0.4 is 31.2 Å². The highest BCUT2D eigenvalue weighted by molar-refractivity contribution is 7.10. The van der Waals surface area contributed by atoms with Gasteiger partial charge in [0.15, 0.2) is 0 Å². The molecule has 6 aromatic rings. The number of ether oxygens (including phenoxy) is 2. The SMILES string of the molecule is CCNCC[C@@H](Oc1cccc2c(=O)n(C)ccc12)c1cccs1.CCNCC[C@@H](Oc1cccc2ncn(C)c(=O)c12)c1cccs1. The number of fused-ring (bicyclic) bond motifs is 2. The Hall–Kier alpha value is -4.29. The van der Waals surface area contributed by atoms with Gasteiger partial charge in [0.05, 0.1) is 17.2 Å². The fraction of sp³-hybridized carbons (Fsp3) is 0.324. The summed E-state index contributed by atoms with van der Waals surface area (Å²) < 4.78 is 15.7. The highest BCUT2D eigenvalue weighted by Gasteiger charge is 2.18. The molecule has 6 rings (SSSR count). The lowest BCUT2D eigenvalue weighted by Gasteiger charge is -2.19. The third-order valence-corrected chi connectivity index (χ3v) is 9.84. The molecular weight excluding hydrogens is 643 g/mol. The van der Waals surface area contributed by atoms with Crippen molar-refractivity contribution in [2.45, 2.75) is 38.9 Å². The van der Waals surface area contributed by atoms with Gasteiger partial charge < -0.3 is 29.2 Å². The minimum Gasteiger partial charge on any atom is -0.484 e. The first-order chi connectivity index (χ1) is 23.4. The summed E-state index contributed by atoms with van der Waals surface area (Å²) in [5.41, 5.74) is 0.567. The monoisotopic (exact) mass is 685 g/mol. The second-order valence-corrected chi connectivity index (χ2v) is 13.2. The summed E-state index contributed by atoms with van der Waals surface area (Å²) in [6.07, 6.45) is 4.95. The molecule has 2 aromatic carbocycles. The van der Waals surface area contributed by atoms with Crippen molar-refractivity contribution in [1.29, 1.82) is 0 Å². The molecule has 0 aliphatic rings. The summed E-state index contributed by atoms with van der Waals surface area (Å²) in [5.74, 6) is 1.36. The van der Waals surface area contributed by atoms with Crippen LogP contribution in [0.25, 0.3) is 21.7 Å². The smallest absolute Gasteiger partial charge is 0.264 e. The number of thiophene rings is 2. The molecule has 0 spiro atoms. The number of benzene rings is 2. The minimum absolute atomic E-state index is 0.00160. The summed E-state index contributed by atoms with van der Waals surface area (Å²) in [7, 11) is 3.47. The molecule has 4 heterocycles. The van der Waals surface area contributed by atoms with E-state index in [0.717, 1.165) is 55.0 Å². The second kappa shape index (κ2) is 17.2. The normalized spacial score (nSPS) is 12.4. The Balaban J connectivity index is 0.000000188. The van der Waals surface area contributed by atoms with Gasteiger partial charge >= 0.3 is 0 Å². The Morgan fingerprint density at radius 2 is 1.31 bits per heavy atom. The van der Waals surface area contributed by atoms with Gasteiger partial charge in [0.2, 0.25) is 0 Å². The largest absolute Gasteiger partial charge is 0.484 e. The van der Waals surface area contributed by atoms with Crippen molar-refractivity contribution in [3.8, 4) is 11.5 Å². The van der Waals surface area contributed by atoms with Crippen LogP contribution in [0.1, 0.15) is 48.7 Å². The van der Waals surface area contributed by atoms with Crippen molar-refractivity contribution < 1.29 is 9.47 Å². The molecule has 0 unspecified atom stereocenters. The molecule has 11 heteroatoms. The van der Waals surface area contributed by atoms with Gasteiger partial charge in [-0.25, -0.2) is 4.98 Å². The first kappa shape index (κ1) is 35.0. The van der Waals surface area contributed by atoms with Crippen molar-refractivity contribution in [3.63, 3.8) is 0 Å². The number of rotatable bonds is 14. The van der Waals surface area contributed by atoms with E-state index < -0.39 is 0 Å². The molecule has 0 amide bonds. The molecule has 0 fully saturated rings. The van der Waals surface area contributed by atoms with Crippen LogP contribution in [-0.2, 0) is 14.1 Å². The van der Waals surface area contributed by atoms with Crippen LogP contribution in [0.15, 0.2) is 99.6 Å². The van der Waals surface area contributed by atoms with E-state index in [9.17, 15) is 9.59 Å². The molecule has 0 saturated carbocycles. The molecule has 2 N–H and O–H groups in total. The molecule has 4 aromatic heterocycles. The number of hydrogen-bond acceptors (Lipinski definition) is 9. The van der Waals surface area contributed by atoms with E-state index in [1.165, 1.54) is 15.8 Å². The fourth-order valence-electron chi connectivity index (χ4n) is 5.36. The lowest BCUT2D eigenvalue weighted by molar-refractivity contribution is 0.200. The van der Waals surface area contributed by atoms with Crippen molar-refractivity contribution in [1.82, 2.24) is 24.8 Å². The summed E-state index contributed by atoms with van der Waals surface area (Å²) in [6, 6.07) is 21.4. The zero-order valence-corrected chi connectivity index (χ0v) is 29.5. The van der Waals surface area contributed by atoms with Gasteiger partial charge in [-0.15, -0.1) is 22.7 Å². The van der Waals surface area contributed by atoms with Crippen LogP contribution in [0, 0.1) is 0 Å². The molecule has 2 atom stereocenters. The van der Waals surface area contributed by atoms with Gasteiger partial charge in [-0.2, -0.15) is 0 Å². The zero-order chi connectivity index (χ0) is 33.9. The molecular formula is C37H43N5O4S2. The van der Waals surface area contributed by atoms with E-state index in [2.05, 4.69) is 47.0 Å². The van der Waals surface area contributed by atoms with Crippen LogP contribution in [0.3, 0.4) is 0 Å². The first-order valence-corrected chi connectivity index (χ1v) is 18.0. The van der Waals surface area contributed by atoms with Crippen LogP contribution in [0.2, 0.25) is 0 Å². The highest BCUT2D eigenvalue weighted by atomic mass is 32.1. The van der Waals surface area contributed by atoms with E-state index in [-0.39, 0.29) is 23.3 Å². The fourth-order valence-corrected chi connectivity index (χ4v) is 6.94. The standard InChI is InChI=1S/C19H22N2O2S.C18H21N3O2S/c1-3-20-11-9-17(18-8-5-13-24-18)23-16-7-4-6-15-14(16)10-12-21(2)19(15)22;1-3-19-10-9-14(16-8-5-11-24-16)23-15-7-4-6-13-17(15)18(22)21(2)12-20-13/h4-8,10,12-13,17,20H,3,9,11H2,1-2H3;4-8,11-12,14,19H,3,9-10H2,1-2H3/t17-;14-/m11/s1. The average molecular weight is 686 g/mol. The number of pyridine rings is 1. The van der Waals surface area contributed by atoms with E-state index in [0.29, 0.717) is 22.0 Å². The van der Waals surface area contributed by atoms with Gasteiger partial charge in [0.25, 0.3) is 11.1 Å². The molecule has 0 radical (unpaired) electrons. The summed E-state index contributed by atoms with van der Waals surface area (Å²) >= 11 is 3.37. The molecule has 252 valence electrons. The summed E-state index contributed by atoms with van der Waals surface area (Å²) in [6.45, 7) is 7.81. The highest BCUT2D eigenvalue weighted by Crippen LogP contribution is 2.32. The van der Waals surface area contributed by atoms with Crippen LogP contribution in [0.5, 0.6) is 11.5 Å². The second-order valence-electron chi connectivity index (χ2n) is 11.3. The minimum atomic E-state index is -0.0905. The lowest BCUT2D eigenvalue weighted by atomic mass is 10.1. The van der Waals surface area contributed by atoms with E-state index in [1.807, 2.05) is 60.0 Å². The maximum absolute atomic E-state index is 12.5. The number of nitrogens with one attached hydrogen (secondary N) is 2. The number of aryl methyl sites for hydroxylation is 2. The Labute approximate surface area is 288 Å². The molecule has 0 aliphatic carbocycles. The third kappa shape index (κ3) is 8.59. The van der Waals surface area contributed by atoms with Crippen molar-refractivity contribution in [2.24, 2.45) is 14.1 Å². The molecule has 48 heavy (non-hydrogen) atoms. The Morgan fingerprint density at radius 1 is 0.708 bits per heavy atom. The van der Waals surface area contributed by atoms with Crippen LogP contribution >= 0.6 is 22.7 Å². The maximum Gasteiger partial charge on any atom is 0.264 e. The predicted octanol–water partition coefficient (Wildman–Crippen LogP) is 6.83. The van der Waals surface area contributed by atoms with Gasteiger partial charge in [-0.05, 0) is 79.4 Å². The van der Waals surface area contributed by atoms with E-state index >= 15 is 0 Å². The molecule has 0 saturated heterocycles. The average Bonchev–Trinajstić information content (AvgIpc) is 3.84. The predicted molar refractivity (Wildman–Crippen MR) is 198 cm³/mol. The van der Waals surface area contributed by atoms with Gasteiger partial charge in [-0.1, -0.05) is 38.1 Å². The van der Waals surface area contributed by atoms with Gasteiger partial charge in [0, 0.05) is 48.3 Å². The Bertz CT molecular complexity index is 2000. The Kier molecular flexibility index (Phi) is 12.6. The van der Waals surface area contributed by atoms with Crippen molar-refractivity contribution in [3.05, 3.63) is 120 Å².